The Kier molecular flexibility index (Phi) is 3.50. The molecule has 100 valence electrons. The van der Waals surface area contributed by atoms with Crippen LogP contribution in [0.5, 0.6) is 0 Å². The van der Waals surface area contributed by atoms with Gasteiger partial charge in [-0.05, 0) is 32.9 Å². The van der Waals surface area contributed by atoms with Crippen LogP contribution in [0.15, 0.2) is 18.3 Å². The molecule has 0 aliphatic heterocycles. The first-order valence-corrected chi connectivity index (χ1v) is 6.11. The average molecular weight is 259 g/mol. The van der Waals surface area contributed by atoms with Crippen molar-refractivity contribution in [2.75, 3.05) is 12.3 Å². The van der Waals surface area contributed by atoms with Gasteiger partial charge in [0.2, 0.25) is 0 Å². The maximum absolute atomic E-state index is 11.8. The van der Waals surface area contributed by atoms with Crippen LogP contribution < -0.4 is 11.1 Å². The molecular weight excluding hydrogens is 242 g/mol. The zero-order valence-corrected chi connectivity index (χ0v) is 11.3. The Hall–Kier alpha value is -2.37. The number of nitrogens with two attached hydrogens (primary N) is 1. The minimum absolute atomic E-state index is 0.196. The molecule has 0 saturated heterocycles. The average Bonchev–Trinajstić information content (AvgIpc) is 2.67. The Morgan fingerprint density at radius 2 is 2.21 bits per heavy atom. The van der Waals surface area contributed by atoms with Crippen molar-refractivity contribution in [2.24, 2.45) is 0 Å². The van der Waals surface area contributed by atoms with E-state index in [1.54, 1.807) is 23.0 Å². The lowest BCUT2D eigenvalue weighted by Crippen LogP contribution is -2.23. The first-order chi connectivity index (χ1) is 9.04. The fourth-order valence-corrected chi connectivity index (χ4v) is 1.83. The highest BCUT2D eigenvalue weighted by Gasteiger charge is 2.12. The van der Waals surface area contributed by atoms with E-state index in [4.69, 9.17) is 5.73 Å². The highest BCUT2D eigenvalue weighted by molar-refractivity contribution is 5.92. The van der Waals surface area contributed by atoms with Crippen molar-refractivity contribution in [3.05, 3.63) is 35.4 Å². The highest BCUT2D eigenvalue weighted by Crippen LogP contribution is 2.19. The lowest BCUT2D eigenvalue weighted by Gasteiger charge is -2.06. The Bertz CT molecular complexity index is 617. The molecule has 3 N–H and O–H groups in total. The van der Waals surface area contributed by atoms with Crippen LogP contribution in [0.2, 0.25) is 0 Å². The summed E-state index contributed by atoms with van der Waals surface area (Å²) in [7, 11) is 0. The van der Waals surface area contributed by atoms with Crippen molar-refractivity contribution in [3.63, 3.8) is 0 Å². The molecule has 0 aliphatic carbocycles. The Balaban J connectivity index is 2.43. The van der Waals surface area contributed by atoms with E-state index >= 15 is 0 Å². The van der Waals surface area contributed by atoms with E-state index < -0.39 is 0 Å². The smallest absolute Gasteiger partial charge is 0.269 e. The molecule has 2 heterocycles. The van der Waals surface area contributed by atoms with Crippen LogP contribution in [0.3, 0.4) is 0 Å². The summed E-state index contributed by atoms with van der Waals surface area (Å²) < 4.78 is 1.72. The van der Waals surface area contributed by atoms with Crippen LogP contribution in [0.4, 0.5) is 5.69 Å². The molecule has 6 heteroatoms. The van der Waals surface area contributed by atoms with Crippen LogP contribution in [0.25, 0.3) is 5.69 Å². The molecule has 0 radical (unpaired) electrons. The van der Waals surface area contributed by atoms with Gasteiger partial charge in [-0.1, -0.05) is 0 Å². The van der Waals surface area contributed by atoms with Gasteiger partial charge in [0, 0.05) is 12.7 Å². The standard InChI is InChI=1S/C13H17N5O/c1-4-15-13(19)11-7-10(5-6-16-11)18-9(3)12(14)8(2)17-18/h5-7H,4,14H2,1-3H3,(H,15,19). The fraction of sp³-hybridized carbons (Fsp3) is 0.308. The molecule has 19 heavy (non-hydrogen) atoms. The number of carbonyl (C=O) groups excluding carboxylic acids is 1. The van der Waals surface area contributed by atoms with E-state index in [0.717, 1.165) is 17.1 Å². The summed E-state index contributed by atoms with van der Waals surface area (Å²) in [6.45, 7) is 6.17. The topological polar surface area (TPSA) is 85.8 Å². The first-order valence-electron chi connectivity index (χ1n) is 6.11. The molecule has 2 aromatic rings. The molecule has 0 saturated carbocycles. The largest absolute Gasteiger partial charge is 0.396 e. The SMILES string of the molecule is CCNC(=O)c1cc(-n2nc(C)c(N)c2C)ccn1. The van der Waals surface area contributed by atoms with Gasteiger partial charge in [0.05, 0.1) is 22.8 Å². The molecule has 2 aromatic heterocycles. The number of amides is 1. The number of anilines is 1. The molecule has 0 unspecified atom stereocenters. The molecule has 0 atom stereocenters. The Morgan fingerprint density at radius 3 is 2.79 bits per heavy atom. The van der Waals surface area contributed by atoms with Crippen LogP contribution in [0, 0.1) is 13.8 Å². The summed E-state index contributed by atoms with van der Waals surface area (Å²) in [5, 5.41) is 7.07. The minimum atomic E-state index is -0.196. The lowest BCUT2D eigenvalue weighted by molar-refractivity contribution is 0.0951. The number of aryl methyl sites for hydroxylation is 1. The Morgan fingerprint density at radius 1 is 1.47 bits per heavy atom. The highest BCUT2D eigenvalue weighted by atomic mass is 16.1. The third kappa shape index (κ3) is 2.42. The van der Waals surface area contributed by atoms with E-state index in [-0.39, 0.29) is 5.91 Å². The molecule has 0 spiro atoms. The lowest BCUT2D eigenvalue weighted by atomic mass is 10.3. The van der Waals surface area contributed by atoms with Gasteiger partial charge in [-0.25, -0.2) is 4.68 Å². The second-order valence-electron chi connectivity index (χ2n) is 4.26. The number of pyridine rings is 1. The summed E-state index contributed by atoms with van der Waals surface area (Å²) in [5.74, 6) is -0.196. The zero-order chi connectivity index (χ0) is 14.0. The summed E-state index contributed by atoms with van der Waals surface area (Å²) in [4.78, 5) is 15.8. The number of carbonyl (C=O) groups is 1. The Labute approximate surface area is 111 Å². The van der Waals surface area contributed by atoms with E-state index in [0.29, 0.717) is 17.9 Å². The normalized spacial score (nSPS) is 10.5. The van der Waals surface area contributed by atoms with Gasteiger partial charge in [0.25, 0.3) is 5.91 Å². The van der Waals surface area contributed by atoms with Gasteiger partial charge in [-0.3, -0.25) is 9.78 Å². The molecule has 0 bridgehead atoms. The molecule has 2 rings (SSSR count). The number of nitrogen functional groups attached to an aromatic ring is 1. The number of rotatable bonds is 3. The fourth-order valence-electron chi connectivity index (χ4n) is 1.83. The van der Waals surface area contributed by atoms with E-state index in [2.05, 4.69) is 15.4 Å². The molecular formula is C13H17N5O. The predicted molar refractivity (Wildman–Crippen MR) is 73.3 cm³/mol. The third-order valence-electron chi connectivity index (χ3n) is 2.91. The maximum atomic E-state index is 11.8. The predicted octanol–water partition coefficient (Wildman–Crippen LogP) is 1.22. The molecule has 6 nitrogen and oxygen atoms in total. The van der Waals surface area contributed by atoms with Crippen LogP contribution in [-0.2, 0) is 0 Å². The van der Waals surface area contributed by atoms with Crippen LogP contribution in [0.1, 0.15) is 28.8 Å². The van der Waals surface area contributed by atoms with Gasteiger partial charge in [-0.15, -0.1) is 0 Å². The number of hydrogen-bond acceptors (Lipinski definition) is 4. The second kappa shape index (κ2) is 5.09. The monoisotopic (exact) mass is 259 g/mol. The first kappa shape index (κ1) is 13.1. The summed E-state index contributed by atoms with van der Waals surface area (Å²) in [6.07, 6.45) is 1.59. The zero-order valence-electron chi connectivity index (χ0n) is 11.3. The van der Waals surface area contributed by atoms with Crippen molar-refractivity contribution < 1.29 is 4.79 Å². The maximum Gasteiger partial charge on any atom is 0.269 e. The number of hydrogen-bond donors (Lipinski definition) is 2. The second-order valence-corrected chi connectivity index (χ2v) is 4.26. The third-order valence-corrected chi connectivity index (χ3v) is 2.91. The van der Waals surface area contributed by atoms with Crippen molar-refractivity contribution in [1.82, 2.24) is 20.1 Å². The van der Waals surface area contributed by atoms with Crippen molar-refractivity contribution >= 4 is 11.6 Å². The van der Waals surface area contributed by atoms with E-state index in [9.17, 15) is 4.79 Å². The van der Waals surface area contributed by atoms with Gasteiger partial charge in [0.1, 0.15) is 5.69 Å². The summed E-state index contributed by atoms with van der Waals surface area (Å²) in [6, 6.07) is 3.49. The van der Waals surface area contributed by atoms with Crippen molar-refractivity contribution in [1.29, 1.82) is 0 Å². The molecule has 0 aromatic carbocycles. The van der Waals surface area contributed by atoms with Gasteiger partial charge in [0.15, 0.2) is 0 Å². The quantitative estimate of drug-likeness (QED) is 0.867. The summed E-state index contributed by atoms with van der Waals surface area (Å²) in [5.41, 5.74) is 9.33. The minimum Gasteiger partial charge on any atom is -0.396 e. The van der Waals surface area contributed by atoms with Crippen LogP contribution >= 0.6 is 0 Å². The molecule has 0 fully saturated rings. The van der Waals surface area contributed by atoms with E-state index in [1.807, 2.05) is 20.8 Å². The summed E-state index contributed by atoms with van der Waals surface area (Å²) >= 11 is 0. The van der Waals surface area contributed by atoms with Gasteiger partial charge in [-0.2, -0.15) is 5.10 Å². The van der Waals surface area contributed by atoms with Crippen molar-refractivity contribution in [2.45, 2.75) is 20.8 Å². The molecule has 0 aliphatic rings. The van der Waals surface area contributed by atoms with Crippen LogP contribution in [-0.4, -0.2) is 27.2 Å². The number of aromatic nitrogens is 3. The number of nitrogens with zero attached hydrogens (tertiary/aromatic N) is 3. The van der Waals surface area contributed by atoms with Gasteiger partial charge >= 0.3 is 0 Å². The molecule has 1 amide bonds. The van der Waals surface area contributed by atoms with Crippen molar-refractivity contribution in [3.8, 4) is 5.69 Å². The van der Waals surface area contributed by atoms with Gasteiger partial charge < -0.3 is 11.1 Å². The van der Waals surface area contributed by atoms with E-state index in [1.165, 1.54) is 0 Å². The number of nitrogens with one attached hydrogen (secondary N) is 1.